The Bertz CT molecular complexity index is 849. The number of aromatic nitrogens is 2. The maximum absolute atomic E-state index is 13.1. The summed E-state index contributed by atoms with van der Waals surface area (Å²) in [7, 11) is 0. The Kier molecular flexibility index (Phi) is 5.14. The van der Waals surface area contributed by atoms with Crippen LogP contribution in [0.2, 0.25) is 0 Å². The zero-order valence-corrected chi connectivity index (χ0v) is 17.0. The first-order valence-corrected chi connectivity index (χ1v) is 11.1. The number of nitrogens with one attached hydrogen (secondary N) is 1. The van der Waals surface area contributed by atoms with E-state index in [-0.39, 0.29) is 11.9 Å². The second kappa shape index (κ2) is 7.92. The van der Waals surface area contributed by atoms with Crippen molar-refractivity contribution in [3.63, 3.8) is 0 Å². The van der Waals surface area contributed by atoms with Crippen LogP contribution >= 0.6 is 0 Å². The number of hydrogen-bond donors (Lipinski definition) is 2. The van der Waals surface area contributed by atoms with Crippen LogP contribution < -0.4 is 5.73 Å². The second-order valence-electron chi connectivity index (χ2n) is 9.03. The molecule has 2 fully saturated rings. The van der Waals surface area contributed by atoms with Crippen molar-refractivity contribution in [3.8, 4) is 0 Å². The SMILES string of the molecule is N[C@@H](CCN1CC2CN(C(=O)c3n[nH]c4c3CCCC4)CC2C1)c1ccccc1. The minimum Gasteiger partial charge on any atom is -0.337 e. The summed E-state index contributed by atoms with van der Waals surface area (Å²) in [5.41, 5.74) is 10.6. The van der Waals surface area contributed by atoms with E-state index in [1.807, 2.05) is 11.0 Å². The van der Waals surface area contributed by atoms with Crippen LogP contribution in [0.25, 0.3) is 0 Å². The first kappa shape index (κ1) is 18.8. The highest BCUT2D eigenvalue weighted by Gasteiger charge is 2.42. The third kappa shape index (κ3) is 3.71. The maximum Gasteiger partial charge on any atom is 0.274 e. The van der Waals surface area contributed by atoms with Gasteiger partial charge in [-0.05, 0) is 56.0 Å². The lowest BCUT2D eigenvalue weighted by molar-refractivity contribution is 0.0767. The first-order chi connectivity index (χ1) is 14.2. The van der Waals surface area contributed by atoms with Crippen molar-refractivity contribution < 1.29 is 4.79 Å². The van der Waals surface area contributed by atoms with Gasteiger partial charge >= 0.3 is 0 Å². The number of aromatic amines is 1. The molecule has 6 nitrogen and oxygen atoms in total. The van der Waals surface area contributed by atoms with Gasteiger partial charge in [-0.2, -0.15) is 5.10 Å². The number of amides is 1. The summed E-state index contributed by atoms with van der Waals surface area (Å²) >= 11 is 0. The number of hydrogen-bond acceptors (Lipinski definition) is 4. The molecule has 6 heteroatoms. The maximum atomic E-state index is 13.1. The van der Waals surface area contributed by atoms with E-state index >= 15 is 0 Å². The topological polar surface area (TPSA) is 78.2 Å². The standard InChI is InChI=1S/C23H31N5O/c24-20(16-6-2-1-3-7-16)10-11-27-12-17-14-28(15-18(17)13-27)23(29)22-19-8-4-5-9-21(19)25-26-22/h1-3,6-7,17-18,20H,4-5,8-15,24H2,(H,25,26)/t17?,18?,20-/m0/s1. The lowest BCUT2D eigenvalue weighted by Gasteiger charge is -2.23. The molecule has 2 aliphatic heterocycles. The highest BCUT2D eigenvalue weighted by Crippen LogP contribution is 2.33. The van der Waals surface area contributed by atoms with Crippen LogP contribution in [-0.2, 0) is 12.8 Å². The summed E-state index contributed by atoms with van der Waals surface area (Å²) in [6.45, 7) is 4.92. The Morgan fingerprint density at radius 3 is 2.59 bits per heavy atom. The summed E-state index contributed by atoms with van der Waals surface area (Å²) in [5.74, 6) is 1.31. The fourth-order valence-electron chi connectivity index (χ4n) is 5.43. The molecule has 0 radical (unpaired) electrons. The third-order valence-corrected chi connectivity index (χ3v) is 7.09. The van der Waals surface area contributed by atoms with Gasteiger partial charge in [0.2, 0.25) is 0 Å². The van der Waals surface area contributed by atoms with Crippen molar-refractivity contribution in [3.05, 3.63) is 52.8 Å². The number of rotatable bonds is 5. The molecular formula is C23H31N5O. The number of carbonyl (C=O) groups excluding carboxylic acids is 1. The van der Waals surface area contributed by atoms with Crippen LogP contribution in [0, 0.1) is 11.8 Å². The van der Waals surface area contributed by atoms with E-state index in [4.69, 9.17) is 5.73 Å². The van der Waals surface area contributed by atoms with Crippen molar-refractivity contribution in [2.24, 2.45) is 17.6 Å². The van der Waals surface area contributed by atoms with E-state index in [0.717, 1.165) is 58.4 Å². The van der Waals surface area contributed by atoms with Crippen LogP contribution in [0.1, 0.15) is 52.6 Å². The highest BCUT2D eigenvalue weighted by molar-refractivity contribution is 5.94. The molecular weight excluding hydrogens is 362 g/mol. The van der Waals surface area contributed by atoms with Crippen LogP contribution in [0.5, 0.6) is 0 Å². The normalized spacial score (nSPS) is 25.1. The van der Waals surface area contributed by atoms with Crippen LogP contribution in [-0.4, -0.2) is 58.6 Å². The van der Waals surface area contributed by atoms with E-state index < -0.39 is 0 Å². The molecule has 2 aromatic rings. The quantitative estimate of drug-likeness (QED) is 0.818. The summed E-state index contributed by atoms with van der Waals surface area (Å²) in [6.07, 6.45) is 5.36. The molecule has 29 heavy (non-hydrogen) atoms. The number of nitrogens with two attached hydrogens (primary N) is 1. The van der Waals surface area contributed by atoms with Crippen molar-refractivity contribution in [1.29, 1.82) is 0 Å². The van der Waals surface area contributed by atoms with Gasteiger partial charge in [-0.15, -0.1) is 0 Å². The Balaban J connectivity index is 1.14. The van der Waals surface area contributed by atoms with E-state index in [0.29, 0.717) is 17.5 Å². The molecule has 2 saturated heterocycles. The molecule has 1 aromatic carbocycles. The molecule has 1 aromatic heterocycles. The number of likely N-dealkylation sites (tertiary alicyclic amines) is 2. The smallest absolute Gasteiger partial charge is 0.274 e. The number of carbonyl (C=O) groups is 1. The van der Waals surface area contributed by atoms with Gasteiger partial charge in [0.15, 0.2) is 5.69 Å². The molecule has 3 atom stereocenters. The molecule has 2 unspecified atom stereocenters. The van der Waals surface area contributed by atoms with Gasteiger partial charge in [-0.1, -0.05) is 30.3 Å². The average molecular weight is 394 g/mol. The van der Waals surface area contributed by atoms with Gasteiger partial charge in [-0.25, -0.2) is 0 Å². The highest BCUT2D eigenvalue weighted by atomic mass is 16.2. The van der Waals surface area contributed by atoms with Gasteiger partial charge in [0.1, 0.15) is 0 Å². The second-order valence-corrected chi connectivity index (χ2v) is 9.03. The summed E-state index contributed by atoms with van der Waals surface area (Å²) in [4.78, 5) is 17.7. The largest absolute Gasteiger partial charge is 0.337 e. The van der Waals surface area contributed by atoms with Gasteiger partial charge in [0.25, 0.3) is 5.91 Å². The van der Waals surface area contributed by atoms with Crippen molar-refractivity contribution in [2.45, 2.75) is 38.1 Å². The van der Waals surface area contributed by atoms with E-state index in [1.165, 1.54) is 23.2 Å². The monoisotopic (exact) mass is 393 g/mol. The summed E-state index contributed by atoms with van der Waals surface area (Å²) in [5, 5.41) is 7.50. The fourth-order valence-corrected chi connectivity index (χ4v) is 5.43. The van der Waals surface area contributed by atoms with Gasteiger partial charge in [0.05, 0.1) is 0 Å². The van der Waals surface area contributed by atoms with E-state index in [2.05, 4.69) is 39.4 Å². The van der Waals surface area contributed by atoms with Crippen LogP contribution in [0.3, 0.4) is 0 Å². The molecule has 154 valence electrons. The molecule has 1 amide bonds. The van der Waals surface area contributed by atoms with Crippen LogP contribution in [0.15, 0.2) is 30.3 Å². The minimum absolute atomic E-state index is 0.0977. The summed E-state index contributed by atoms with van der Waals surface area (Å²) in [6, 6.07) is 10.5. The Hall–Kier alpha value is -2.18. The Morgan fingerprint density at radius 1 is 1.10 bits per heavy atom. The molecule has 0 bridgehead atoms. The molecule has 1 aliphatic carbocycles. The summed E-state index contributed by atoms with van der Waals surface area (Å²) < 4.78 is 0. The molecule has 3 aliphatic rings. The lowest BCUT2D eigenvalue weighted by atomic mass is 9.95. The molecule has 3 heterocycles. The molecule has 0 spiro atoms. The zero-order chi connectivity index (χ0) is 19.8. The van der Waals surface area contributed by atoms with Crippen molar-refractivity contribution in [2.75, 3.05) is 32.7 Å². The number of aryl methyl sites for hydroxylation is 1. The molecule has 3 N–H and O–H groups in total. The predicted molar refractivity (Wildman–Crippen MR) is 113 cm³/mol. The van der Waals surface area contributed by atoms with Crippen molar-refractivity contribution in [1.82, 2.24) is 20.0 Å². The van der Waals surface area contributed by atoms with Gasteiger partial charge < -0.3 is 15.5 Å². The predicted octanol–water partition coefficient (Wildman–Crippen LogP) is 2.38. The number of fused-ring (bicyclic) bond motifs is 2. The minimum atomic E-state index is 0.0977. The Labute approximate surface area is 172 Å². The van der Waals surface area contributed by atoms with Crippen LogP contribution in [0.4, 0.5) is 0 Å². The molecule has 5 rings (SSSR count). The fraction of sp³-hybridized carbons (Fsp3) is 0.565. The van der Waals surface area contributed by atoms with E-state index in [1.54, 1.807) is 0 Å². The van der Waals surface area contributed by atoms with Crippen molar-refractivity contribution >= 4 is 5.91 Å². The number of nitrogens with zero attached hydrogens (tertiary/aromatic N) is 3. The third-order valence-electron chi connectivity index (χ3n) is 7.09. The first-order valence-electron chi connectivity index (χ1n) is 11.1. The molecule has 0 saturated carbocycles. The van der Waals surface area contributed by atoms with Gasteiger partial charge in [0, 0.05) is 43.5 Å². The Morgan fingerprint density at radius 2 is 1.83 bits per heavy atom. The van der Waals surface area contributed by atoms with E-state index in [9.17, 15) is 4.79 Å². The average Bonchev–Trinajstić information content (AvgIpc) is 3.45. The van der Waals surface area contributed by atoms with Gasteiger partial charge in [-0.3, -0.25) is 9.89 Å². The zero-order valence-electron chi connectivity index (χ0n) is 17.0. The number of H-pyrrole nitrogens is 1. The number of benzene rings is 1. The lowest BCUT2D eigenvalue weighted by Crippen LogP contribution is -2.34.